The van der Waals surface area contributed by atoms with Crippen LogP contribution in [0.3, 0.4) is 0 Å². The van der Waals surface area contributed by atoms with Gasteiger partial charge in [-0.3, -0.25) is 10.1 Å². The van der Waals surface area contributed by atoms with Gasteiger partial charge >= 0.3 is 6.03 Å². The molecule has 0 saturated heterocycles. The molecular weight excluding hydrogens is 288 g/mol. The van der Waals surface area contributed by atoms with Crippen LogP contribution in [0.2, 0.25) is 0 Å². The number of carbonyl (C=O) groups excluding carboxylic acids is 2. The number of imide groups is 1. The molecule has 0 heterocycles. The molecule has 1 rings (SSSR count). The lowest BCUT2D eigenvalue weighted by molar-refractivity contribution is -0.126. The molecule has 0 aromatic heterocycles. The number of aryl methyl sites for hydroxylation is 1. The van der Waals surface area contributed by atoms with Crippen molar-refractivity contribution in [3.05, 3.63) is 28.2 Å². The van der Waals surface area contributed by atoms with E-state index in [9.17, 15) is 9.59 Å². The quantitative estimate of drug-likeness (QED) is 0.892. The zero-order valence-electron chi connectivity index (χ0n) is 9.49. The Morgan fingerprint density at radius 2 is 2.12 bits per heavy atom. The number of benzene rings is 1. The summed E-state index contributed by atoms with van der Waals surface area (Å²) in [6.45, 7) is 3.47. The van der Waals surface area contributed by atoms with Gasteiger partial charge in [0.05, 0.1) is 4.47 Å². The summed E-state index contributed by atoms with van der Waals surface area (Å²) in [7, 11) is 0. The number of urea groups is 1. The molecule has 0 fully saturated rings. The van der Waals surface area contributed by atoms with Crippen LogP contribution in [0, 0.1) is 6.92 Å². The van der Waals surface area contributed by atoms with E-state index in [-0.39, 0.29) is 0 Å². The van der Waals surface area contributed by atoms with Crippen LogP contribution >= 0.6 is 15.9 Å². The summed E-state index contributed by atoms with van der Waals surface area (Å²) >= 11 is 3.33. The maximum atomic E-state index is 11.4. The van der Waals surface area contributed by atoms with Gasteiger partial charge in [0.2, 0.25) is 0 Å². The van der Waals surface area contributed by atoms with Gasteiger partial charge in [-0.25, -0.2) is 4.79 Å². The molecule has 92 valence electrons. The summed E-state index contributed by atoms with van der Waals surface area (Å²) in [6, 6.07) is 4.58. The van der Waals surface area contributed by atoms with E-state index < -0.39 is 18.0 Å². The molecule has 0 aliphatic carbocycles. The largest absolute Gasteiger partial charge is 0.480 e. The second-order valence-electron chi connectivity index (χ2n) is 3.55. The van der Waals surface area contributed by atoms with E-state index in [0.717, 1.165) is 10.0 Å². The van der Waals surface area contributed by atoms with Gasteiger partial charge in [0, 0.05) is 0 Å². The Kier molecular flexibility index (Phi) is 4.51. The number of primary amides is 1. The molecule has 0 saturated carbocycles. The molecule has 17 heavy (non-hydrogen) atoms. The minimum Gasteiger partial charge on any atom is -0.480 e. The van der Waals surface area contributed by atoms with E-state index in [0.29, 0.717) is 5.75 Å². The number of rotatable bonds is 3. The lowest BCUT2D eigenvalue weighted by atomic mass is 10.2. The third-order valence-electron chi connectivity index (χ3n) is 2.01. The average molecular weight is 301 g/mol. The molecule has 0 bridgehead atoms. The van der Waals surface area contributed by atoms with Crippen molar-refractivity contribution in [1.82, 2.24) is 5.32 Å². The van der Waals surface area contributed by atoms with E-state index in [1.54, 1.807) is 6.07 Å². The van der Waals surface area contributed by atoms with Gasteiger partial charge in [-0.05, 0) is 47.5 Å². The number of hydrogen-bond donors (Lipinski definition) is 2. The fraction of sp³-hybridized carbons (Fsp3) is 0.273. The third-order valence-corrected chi connectivity index (χ3v) is 2.63. The van der Waals surface area contributed by atoms with Crippen molar-refractivity contribution in [3.63, 3.8) is 0 Å². The number of ether oxygens (including phenoxy) is 1. The number of nitrogens with two attached hydrogens (primary N) is 1. The summed E-state index contributed by atoms with van der Waals surface area (Å²) in [5.41, 5.74) is 5.91. The van der Waals surface area contributed by atoms with Gasteiger partial charge in [0.15, 0.2) is 6.10 Å². The van der Waals surface area contributed by atoms with Gasteiger partial charge in [0.1, 0.15) is 5.75 Å². The molecule has 6 heteroatoms. The van der Waals surface area contributed by atoms with Crippen LogP contribution in [0.25, 0.3) is 0 Å². The molecule has 1 aromatic carbocycles. The Balaban J connectivity index is 2.70. The van der Waals surface area contributed by atoms with Crippen LogP contribution in [-0.2, 0) is 4.79 Å². The molecule has 1 aromatic rings. The van der Waals surface area contributed by atoms with Crippen LogP contribution < -0.4 is 15.8 Å². The van der Waals surface area contributed by atoms with E-state index >= 15 is 0 Å². The van der Waals surface area contributed by atoms with Gasteiger partial charge in [-0.15, -0.1) is 0 Å². The van der Waals surface area contributed by atoms with Crippen molar-refractivity contribution in [3.8, 4) is 5.75 Å². The fourth-order valence-corrected chi connectivity index (χ4v) is 1.76. The van der Waals surface area contributed by atoms with Crippen LogP contribution in [0.4, 0.5) is 4.79 Å². The lowest BCUT2D eigenvalue weighted by Crippen LogP contribution is -2.42. The second kappa shape index (κ2) is 5.67. The summed E-state index contributed by atoms with van der Waals surface area (Å²) < 4.78 is 6.14. The highest BCUT2D eigenvalue weighted by molar-refractivity contribution is 9.10. The van der Waals surface area contributed by atoms with E-state index in [2.05, 4.69) is 15.9 Å². The summed E-state index contributed by atoms with van der Waals surface area (Å²) in [6.07, 6.45) is -0.804. The highest BCUT2D eigenvalue weighted by Gasteiger charge is 2.17. The van der Waals surface area contributed by atoms with Crippen LogP contribution in [0.15, 0.2) is 22.7 Å². The Bertz CT molecular complexity index is 448. The molecule has 0 unspecified atom stereocenters. The van der Waals surface area contributed by atoms with Crippen molar-refractivity contribution >= 4 is 27.9 Å². The van der Waals surface area contributed by atoms with Crippen molar-refractivity contribution in [2.45, 2.75) is 20.0 Å². The minimum atomic E-state index is -0.895. The van der Waals surface area contributed by atoms with E-state index in [4.69, 9.17) is 10.5 Å². The second-order valence-corrected chi connectivity index (χ2v) is 4.40. The van der Waals surface area contributed by atoms with Crippen molar-refractivity contribution in [1.29, 1.82) is 0 Å². The first-order valence-corrected chi connectivity index (χ1v) is 5.72. The highest BCUT2D eigenvalue weighted by Crippen LogP contribution is 2.26. The summed E-state index contributed by atoms with van der Waals surface area (Å²) in [4.78, 5) is 21.9. The normalized spacial score (nSPS) is 11.7. The third kappa shape index (κ3) is 4.07. The molecular formula is C11H13BrN2O3. The Labute approximate surface area is 107 Å². The molecule has 0 spiro atoms. The monoisotopic (exact) mass is 300 g/mol. The lowest BCUT2D eigenvalue weighted by Gasteiger charge is -2.14. The van der Waals surface area contributed by atoms with E-state index in [1.807, 2.05) is 24.4 Å². The minimum absolute atomic E-state index is 0.530. The van der Waals surface area contributed by atoms with Crippen LogP contribution in [0.1, 0.15) is 12.5 Å². The summed E-state index contributed by atoms with van der Waals surface area (Å²) in [5, 5.41) is 1.95. The maximum Gasteiger partial charge on any atom is 0.318 e. The average Bonchev–Trinajstić information content (AvgIpc) is 2.21. The Hall–Kier alpha value is -1.56. The fourth-order valence-electron chi connectivity index (χ4n) is 1.17. The number of amides is 3. The molecule has 5 nitrogen and oxygen atoms in total. The van der Waals surface area contributed by atoms with Gasteiger partial charge < -0.3 is 10.5 Å². The van der Waals surface area contributed by atoms with Crippen LogP contribution in [-0.4, -0.2) is 18.0 Å². The van der Waals surface area contributed by atoms with Gasteiger partial charge in [0.25, 0.3) is 5.91 Å². The molecule has 1 atom stereocenters. The standard InChI is InChI=1S/C11H13BrN2O3/c1-6-3-4-9(8(12)5-6)17-7(2)10(15)14-11(13)16/h3-5,7H,1-2H3,(H3,13,14,15,16)/t7-/m1/s1. The summed E-state index contributed by atoms with van der Waals surface area (Å²) in [5.74, 6) is -0.0484. The topological polar surface area (TPSA) is 81.4 Å². The van der Waals surface area contributed by atoms with Crippen molar-refractivity contribution in [2.24, 2.45) is 5.73 Å². The first kappa shape index (κ1) is 13.5. The molecule has 0 aliphatic rings. The first-order valence-electron chi connectivity index (χ1n) is 4.93. The molecule has 3 N–H and O–H groups in total. The number of nitrogens with one attached hydrogen (secondary N) is 1. The first-order chi connectivity index (χ1) is 7.90. The number of carbonyl (C=O) groups is 2. The van der Waals surface area contributed by atoms with E-state index in [1.165, 1.54) is 6.92 Å². The smallest absolute Gasteiger partial charge is 0.318 e. The maximum absolute atomic E-state index is 11.4. The predicted octanol–water partition coefficient (Wildman–Crippen LogP) is 1.72. The van der Waals surface area contributed by atoms with Crippen molar-refractivity contribution < 1.29 is 14.3 Å². The predicted molar refractivity (Wildman–Crippen MR) is 66.7 cm³/mol. The van der Waals surface area contributed by atoms with Crippen LogP contribution in [0.5, 0.6) is 5.75 Å². The number of hydrogen-bond acceptors (Lipinski definition) is 3. The van der Waals surface area contributed by atoms with Gasteiger partial charge in [-0.2, -0.15) is 0 Å². The molecule has 0 radical (unpaired) electrons. The zero-order valence-corrected chi connectivity index (χ0v) is 11.1. The zero-order chi connectivity index (χ0) is 13.0. The van der Waals surface area contributed by atoms with Crippen molar-refractivity contribution in [2.75, 3.05) is 0 Å². The highest BCUT2D eigenvalue weighted by atomic mass is 79.9. The SMILES string of the molecule is Cc1ccc(O[C@H](C)C(=O)NC(N)=O)c(Br)c1. The Morgan fingerprint density at radius 1 is 1.47 bits per heavy atom. The molecule has 3 amide bonds. The van der Waals surface area contributed by atoms with Gasteiger partial charge in [-0.1, -0.05) is 6.07 Å². The molecule has 0 aliphatic heterocycles. The Morgan fingerprint density at radius 3 is 2.65 bits per heavy atom. The number of halogens is 1.